The first-order chi connectivity index (χ1) is 12.6. The highest BCUT2D eigenvalue weighted by molar-refractivity contribution is 6.15. The second-order valence-corrected chi connectivity index (χ2v) is 6.04. The van der Waals surface area contributed by atoms with Crippen molar-refractivity contribution in [1.29, 1.82) is 0 Å². The minimum absolute atomic E-state index is 0.242. The number of carbonyl (C=O) groups excluding carboxylic acids is 2. The van der Waals surface area contributed by atoms with Crippen LogP contribution < -0.4 is 0 Å². The Kier molecular flexibility index (Phi) is 4.01. The molecule has 0 saturated heterocycles. The van der Waals surface area contributed by atoms with E-state index in [1.165, 1.54) is 30.6 Å². The third-order valence-corrected chi connectivity index (χ3v) is 4.38. The molecule has 26 heavy (non-hydrogen) atoms. The highest BCUT2D eigenvalue weighted by Gasteiger charge is 2.28. The summed E-state index contributed by atoms with van der Waals surface area (Å²) >= 11 is 0. The second kappa shape index (κ2) is 6.48. The van der Waals surface area contributed by atoms with Crippen LogP contribution in [0.1, 0.15) is 37.5 Å². The van der Waals surface area contributed by atoms with E-state index in [-0.39, 0.29) is 11.7 Å². The predicted molar refractivity (Wildman–Crippen MR) is 91.9 cm³/mol. The van der Waals surface area contributed by atoms with Crippen molar-refractivity contribution in [3.63, 3.8) is 0 Å². The Morgan fingerprint density at radius 1 is 0.962 bits per heavy atom. The van der Waals surface area contributed by atoms with Crippen molar-refractivity contribution < 1.29 is 14.0 Å². The lowest BCUT2D eigenvalue weighted by Crippen LogP contribution is -2.27. The Labute approximate surface area is 149 Å². The van der Waals surface area contributed by atoms with Crippen molar-refractivity contribution in [3.05, 3.63) is 94.8 Å². The molecule has 0 bridgehead atoms. The molecule has 0 aliphatic carbocycles. The van der Waals surface area contributed by atoms with Crippen LogP contribution in [0.15, 0.2) is 61.1 Å². The third-order valence-electron chi connectivity index (χ3n) is 4.38. The Hall–Kier alpha value is -3.41. The van der Waals surface area contributed by atoms with Gasteiger partial charge in [-0.3, -0.25) is 9.59 Å². The Morgan fingerprint density at radius 3 is 2.42 bits per heavy atom. The van der Waals surface area contributed by atoms with Crippen molar-refractivity contribution in [3.8, 4) is 0 Å². The quantitative estimate of drug-likeness (QED) is 0.683. The fraction of sp³-hybridized carbons (Fsp3) is 0.100. The Morgan fingerprint density at radius 2 is 1.69 bits per heavy atom. The van der Waals surface area contributed by atoms with Gasteiger partial charge in [0.2, 0.25) is 0 Å². The summed E-state index contributed by atoms with van der Waals surface area (Å²) in [6.45, 7) is 0.795. The van der Waals surface area contributed by atoms with Crippen molar-refractivity contribution in [2.24, 2.45) is 0 Å². The molecule has 1 aliphatic heterocycles. The van der Waals surface area contributed by atoms with E-state index in [1.54, 1.807) is 35.4 Å². The lowest BCUT2D eigenvalue weighted by molar-refractivity contribution is 0.0746. The lowest BCUT2D eigenvalue weighted by atomic mass is 9.97. The molecule has 128 valence electrons. The number of carbonyl (C=O) groups is 2. The molecule has 6 heteroatoms. The van der Waals surface area contributed by atoms with Gasteiger partial charge in [0.15, 0.2) is 5.78 Å². The summed E-state index contributed by atoms with van der Waals surface area (Å²) in [5.41, 5.74) is 2.68. The molecule has 0 N–H and O–H groups in total. The van der Waals surface area contributed by atoms with Crippen LogP contribution in [-0.4, -0.2) is 26.6 Å². The largest absolute Gasteiger partial charge is 0.328 e. The van der Waals surface area contributed by atoms with Crippen LogP contribution in [0.4, 0.5) is 4.39 Å². The second-order valence-electron chi connectivity index (χ2n) is 6.04. The Bertz CT molecular complexity index is 977. The number of nitrogens with zero attached hydrogens (tertiary/aromatic N) is 3. The molecule has 0 saturated carbocycles. The number of benzene rings is 2. The van der Waals surface area contributed by atoms with Crippen molar-refractivity contribution in [2.45, 2.75) is 13.1 Å². The van der Waals surface area contributed by atoms with E-state index in [0.29, 0.717) is 29.8 Å². The number of fused-ring (bicyclic) bond motifs is 1. The minimum atomic E-state index is -0.415. The molecular formula is C20H14FN3O2. The van der Waals surface area contributed by atoms with Gasteiger partial charge < -0.3 is 4.90 Å². The first-order valence-electron chi connectivity index (χ1n) is 8.10. The molecule has 0 spiro atoms. The summed E-state index contributed by atoms with van der Waals surface area (Å²) in [7, 11) is 0. The highest BCUT2D eigenvalue weighted by Crippen LogP contribution is 2.24. The van der Waals surface area contributed by atoms with E-state index in [9.17, 15) is 14.0 Å². The summed E-state index contributed by atoms with van der Waals surface area (Å²) in [5.74, 6) is -0.971. The van der Waals surface area contributed by atoms with Gasteiger partial charge in [0, 0.05) is 29.4 Å². The van der Waals surface area contributed by atoms with E-state index in [2.05, 4.69) is 9.97 Å². The Balaban J connectivity index is 1.65. The van der Waals surface area contributed by atoms with Gasteiger partial charge in [0.1, 0.15) is 12.1 Å². The fourth-order valence-electron chi connectivity index (χ4n) is 3.04. The summed E-state index contributed by atoms with van der Waals surface area (Å²) in [6.07, 6.45) is 3.16. The number of rotatable bonds is 3. The topological polar surface area (TPSA) is 63.2 Å². The smallest absolute Gasteiger partial charge is 0.255 e. The monoisotopic (exact) mass is 347 g/mol. The highest BCUT2D eigenvalue weighted by atomic mass is 19.1. The average Bonchev–Trinajstić information content (AvgIpc) is 3.12. The van der Waals surface area contributed by atoms with E-state index < -0.39 is 5.82 Å². The molecule has 0 radical (unpaired) electrons. The van der Waals surface area contributed by atoms with Crippen molar-refractivity contribution in [2.75, 3.05) is 0 Å². The van der Waals surface area contributed by atoms with E-state index in [1.807, 2.05) is 0 Å². The molecule has 1 aromatic heterocycles. The zero-order valence-electron chi connectivity index (χ0n) is 13.7. The van der Waals surface area contributed by atoms with Gasteiger partial charge in [-0.15, -0.1) is 0 Å². The number of hydrogen-bond donors (Lipinski definition) is 0. The van der Waals surface area contributed by atoms with Gasteiger partial charge in [-0.25, -0.2) is 14.4 Å². The van der Waals surface area contributed by atoms with Crippen LogP contribution >= 0.6 is 0 Å². The lowest BCUT2D eigenvalue weighted by Gasteiger charge is -2.17. The maximum atomic E-state index is 13.1. The number of amides is 1. The van der Waals surface area contributed by atoms with Crippen LogP contribution in [0.3, 0.4) is 0 Å². The van der Waals surface area contributed by atoms with E-state index in [4.69, 9.17) is 0 Å². The van der Waals surface area contributed by atoms with Crippen LogP contribution in [0, 0.1) is 5.82 Å². The molecule has 0 fully saturated rings. The van der Waals surface area contributed by atoms with Gasteiger partial charge in [-0.2, -0.15) is 0 Å². The molecular weight excluding hydrogens is 333 g/mol. The molecule has 2 aromatic carbocycles. The zero-order chi connectivity index (χ0) is 18.1. The summed E-state index contributed by atoms with van der Waals surface area (Å²) in [6, 6.07) is 12.0. The first-order valence-corrected chi connectivity index (χ1v) is 8.10. The first kappa shape index (κ1) is 16.1. The molecule has 3 aromatic rings. The van der Waals surface area contributed by atoms with Gasteiger partial charge in [0.05, 0.1) is 17.8 Å². The third kappa shape index (κ3) is 2.86. The van der Waals surface area contributed by atoms with Crippen LogP contribution in [0.25, 0.3) is 0 Å². The van der Waals surface area contributed by atoms with Gasteiger partial charge in [-0.05, 0) is 30.3 Å². The van der Waals surface area contributed by atoms with Gasteiger partial charge in [-0.1, -0.05) is 18.2 Å². The number of aromatic nitrogens is 2. The summed E-state index contributed by atoms with van der Waals surface area (Å²) in [4.78, 5) is 35.6. The zero-order valence-corrected chi connectivity index (χ0v) is 13.7. The molecule has 0 atom stereocenters. The molecule has 5 nitrogen and oxygen atoms in total. The maximum Gasteiger partial charge on any atom is 0.255 e. The molecule has 0 unspecified atom stereocenters. The number of halogens is 1. The van der Waals surface area contributed by atoms with Crippen LogP contribution in [0.2, 0.25) is 0 Å². The minimum Gasteiger partial charge on any atom is -0.328 e. The average molecular weight is 347 g/mol. The van der Waals surface area contributed by atoms with E-state index >= 15 is 0 Å². The molecule has 4 rings (SSSR count). The molecule has 1 amide bonds. The van der Waals surface area contributed by atoms with Crippen LogP contribution in [-0.2, 0) is 13.1 Å². The standard InChI is InChI=1S/C20H14FN3O2/c21-15-7-5-13(6-8-15)19(25)16-3-1-2-4-17(16)20(26)24-10-14-9-22-12-23-18(14)11-24/h1-9,12H,10-11H2. The number of hydrogen-bond acceptors (Lipinski definition) is 4. The van der Waals surface area contributed by atoms with Gasteiger partial charge in [0.25, 0.3) is 5.91 Å². The fourth-order valence-corrected chi connectivity index (χ4v) is 3.04. The summed E-state index contributed by atoms with van der Waals surface area (Å²) in [5, 5.41) is 0. The molecule has 2 heterocycles. The normalized spacial score (nSPS) is 12.7. The maximum absolute atomic E-state index is 13.1. The summed E-state index contributed by atoms with van der Waals surface area (Å²) < 4.78 is 13.1. The van der Waals surface area contributed by atoms with Gasteiger partial charge >= 0.3 is 0 Å². The number of ketones is 1. The van der Waals surface area contributed by atoms with Crippen LogP contribution in [0.5, 0.6) is 0 Å². The molecule has 1 aliphatic rings. The van der Waals surface area contributed by atoms with Crippen molar-refractivity contribution >= 4 is 11.7 Å². The SMILES string of the molecule is O=C(c1ccc(F)cc1)c1ccccc1C(=O)N1Cc2cncnc2C1. The van der Waals surface area contributed by atoms with E-state index in [0.717, 1.165) is 11.3 Å². The van der Waals surface area contributed by atoms with Crippen molar-refractivity contribution in [1.82, 2.24) is 14.9 Å². The predicted octanol–water partition coefficient (Wildman–Crippen LogP) is 3.00.